The minimum absolute atomic E-state index is 0.0606. The van der Waals surface area contributed by atoms with E-state index >= 15 is 0 Å². The third kappa shape index (κ3) is 3.72. The Balaban J connectivity index is 2.92. The van der Waals surface area contributed by atoms with E-state index in [9.17, 15) is 4.79 Å². The molecule has 1 aromatic rings. The maximum absolute atomic E-state index is 10.8. The summed E-state index contributed by atoms with van der Waals surface area (Å²) in [6.07, 6.45) is -0.0606. The predicted molar refractivity (Wildman–Crippen MR) is 69.7 cm³/mol. The number of aliphatic carboxylic acids is 1. The largest absolute Gasteiger partial charge is 0.497 e. The highest BCUT2D eigenvalue weighted by molar-refractivity contribution is 5.67. The molecule has 0 aliphatic rings. The average molecular weight is 252 g/mol. The van der Waals surface area contributed by atoms with Crippen LogP contribution in [-0.2, 0) is 4.79 Å². The molecule has 0 radical (unpaired) electrons. The highest BCUT2D eigenvalue weighted by Gasteiger charge is 2.24. The van der Waals surface area contributed by atoms with E-state index in [1.54, 1.807) is 7.11 Å². The highest BCUT2D eigenvalue weighted by Crippen LogP contribution is 2.24. The molecule has 1 aromatic carbocycles. The van der Waals surface area contributed by atoms with Crippen molar-refractivity contribution in [3.8, 4) is 5.75 Å². The Morgan fingerprint density at radius 2 is 1.94 bits per heavy atom. The van der Waals surface area contributed by atoms with E-state index in [1.165, 1.54) is 0 Å². The van der Waals surface area contributed by atoms with Gasteiger partial charge in [0, 0.05) is 12.1 Å². The Bertz CT molecular complexity index is 390. The van der Waals surface area contributed by atoms with Crippen LogP contribution in [0.3, 0.4) is 0 Å². The van der Waals surface area contributed by atoms with Crippen molar-refractivity contribution < 1.29 is 14.6 Å². The third-order valence-corrected chi connectivity index (χ3v) is 2.83. The van der Waals surface area contributed by atoms with Crippen molar-refractivity contribution in [3.05, 3.63) is 29.8 Å². The third-order valence-electron chi connectivity index (χ3n) is 2.83. The zero-order chi connectivity index (χ0) is 13.7. The monoisotopic (exact) mass is 252 g/mol. The summed E-state index contributed by atoms with van der Waals surface area (Å²) in [5, 5.41) is 8.83. The molecule has 0 aliphatic carbocycles. The lowest BCUT2D eigenvalue weighted by molar-refractivity contribution is -0.137. The van der Waals surface area contributed by atoms with Crippen molar-refractivity contribution in [2.24, 2.45) is 5.73 Å². The normalized spacial score (nSPS) is 14.3. The van der Waals surface area contributed by atoms with Gasteiger partial charge in [-0.3, -0.25) is 4.79 Å². The van der Waals surface area contributed by atoms with E-state index in [4.69, 9.17) is 15.6 Å². The maximum Gasteiger partial charge on any atom is 0.304 e. The Morgan fingerprint density at radius 3 is 2.33 bits per heavy atom. The molecule has 5 nitrogen and oxygen atoms in total. The van der Waals surface area contributed by atoms with Crippen molar-refractivity contribution in [1.82, 2.24) is 4.90 Å². The van der Waals surface area contributed by atoms with Crippen LogP contribution in [-0.4, -0.2) is 43.2 Å². The van der Waals surface area contributed by atoms with Crippen LogP contribution in [0.25, 0.3) is 0 Å². The molecule has 0 saturated carbocycles. The fraction of sp³-hybridized carbons (Fsp3) is 0.462. The number of ether oxygens (including phenoxy) is 1. The molecule has 0 amide bonds. The van der Waals surface area contributed by atoms with Gasteiger partial charge in [0.15, 0.2) is 0 Å². The van der Waals surface area contributed by atoms with Crippen LogP contribution in [0.1, 0.15) is 18.0 Å². The number of nitrogens with zero attached hydrogens (tertiary/aromatic N) is 1. The summed E-state index contributed by atoms with van der Waals surface area (Å²) in [4.78, 5) is 12.7. The van der Waals surface area contributed by atoms with Gasteiger partial charge in [0.05, 0.1) is 13.5 Å². The van der Waals surface area contributed by atoms with Gasteiger partial charge in [-0.15, -0.1) is 0 Å². The molecule has 0 fully saturated rings. The fourth-order valence-corrected chi connectivity index (χ4v) is 2.04. The van der Waals surface area contributed by atoms with Gasteiger partial charge in [0.25, 0.3) is 0 Å². The van der Waals surface area contributed by atoms with Crippen LogP contribution in [0.5, 0.6) is 5.75 Å². The van der Waals surface area contributed by atoms with Gasteiger partial charge in [0.2, 0.25) is 0 Å². The summed E-state index contributed by atoms with van der Waals surface area (Å²) in [7, 11) is 5.38. The van der Waals surface area contributed by atoms with E-state index in [1.807, 2.05) is 43.3 Å². The lowest BCUT2D eigenvalue weighted by Gasteiger charge is -2.29. The minimum Gasteiger partial charge on any atom is -0.497 e. The standard InChI is InChI=1S/C13H20N2O3/c1-15(2)13(11(14)8-12(16)17)9-4-6-10(18-3)7-5-9/h4-7,11,13H,8,14H2,1-3H3,(H,16,17). The lowest BCUT2D eigenvalue weighted by Crippen LogP contribution is -2.38. The number of benzene rings is 1. The molecule has 100 valence electrons. The molecule has 0 heterocycles. The molecule has 0 spiro atoms. The van der Waals surface area contributed by atoms with Gasteiger partial charge in [0.1, 0.15) is 5.75 Å². The first kappa shape index (κ1) is 14.5. The molecule has 18 heavy (non-hydrogen) atoms. The van der Waals surface area contributed by atoms with Crippen LogP contribution in [0, 0.1) is 0 Å². The molecule has 0 aromatic heterocycles. The summed E-state index contributed by atoms with van der Waals surface area (Å²) in [6.45, 7) is 0. The first-order valence-corrected chi connectivity index (χ1v) is 5.73. The maximum atomic E-state index is 10.8. The number of likely N-dealkylation sites (N-methyl/N-ethyl adjacent to an activating group) is 1. The molecule has 2 unspecified atom stereocenters. The van der Waals surface area contributed by atoms with Crippen LogP contribution in [0.2, 0.25) is 0 Å². The lowest BCUT2D eigenvalue weighted by atomic mass is 9.96. The van der Waals surface area contributed by atoms with Gasteiger partial charge in [-0.2, -0.15) is 0 Å². The fourth-order valence-electron chi connectivity index (χ4n) is 2.04. The summed E-state index contributed by atoms with van der Waals surface area (Å²) in [5.74, 6) is -0.120. The van der Waals surface area contributed by atoms with Crippen molar-refractivity contribution in [2.45, 2.75) is 18.5 Å². The Kier molecular flexibility index (Phi) is 5.12. The molecular weight excluding hydrogens is 232 g/mol. The second-order valence-electron chi connectivity index (χ2n) is 4.44. The predicted octanol–water partition coefficient (Wildman–Crippen LogP) is 1.10. The van der Waals surface area contributed by atoms with Gasteiger partial charge < -0.3 is 20.5 Å². The molecular formula is C13H20N2O3. The van der Waals surface area contributed by atoms with E-state index in [0.717, 1.165) is 11.3 Å². The summed E-state index contributed by atoms with van der Waals surface area (Å²) < 4.78 is 5.10. The molecule has 0 aliphatic heterocycles. The number of carboxylic acid groups (broad SMARTS) is 1. The SMILES string of the molecule is COc1ccc(C(C(N)CC(=O)O)N(C)C)cc1. The van der Waals surface area contributed by atoms with E-state index < -0.39 is 12.0 Å². The molecule has 0 saturated heterocycles. The number of rotatable bonds is 6. The van der Waals surface area contributed by atoms with Gasteiger partial charge in [-0.1, -0.05) is 12.1 Å². The van der Waals surface area contributed by atoms with E-state index in [0.29, 0.717) is 0 Å². The highest BCUT2D eigenvalue weighted by atomic mass is 16.5. The molecule has 0 bridgehead atoms. The number of hydrogen-bond acceptors (Lipinski definition) is 4. The minimum atomic E-state index is -0.886. The number of carboxylic acids is 1. The van der Waals surface area contributed by atoms with Gasteiger partial charge in [-0.25, -0.2) is 0 Å². The first-order valence-electron chi connectivity index (χ1n) is 5.73. The number of carbonyl (C=O) groups is 1. The Morgan fingerprint density at radius 1 is 1.39 bits per heavy atom. The first-order chi connectivity index (χ1) is 8.45. The van der Waals surface area contributed by atoms with Crippen LogP contribution in [0.4, 0.5) is 0 Å². The van der Waals surface area contributed by atoms with E-state index in [2.05, 4.69) is 0 Å². The van der Waals surface area contributed by atoms with Gasteiger partial charge in [-0.05, 0) is 31.8 Å². The molecule has 3 N–H and O–H groups in total. The molecule has 5 heteroatoms. The quantitative estimate of drug-likeness (QED) is 0.793. The number of hydrogen-bond donors (Lipinski definition) is 2. The van der Waals surface area contributed by atoms with Crippen molar-refractivity contribution in [1.29, 1.82) is 0 Å². The average Bonchev–Trinajstić information content (AvgIpc) is 2.28. The zero-order valence-electron chi connectivity index (χ0n) is 11.0. The van der Waals surface area contributed by atoms with E-state index in [-0.39, 0.29) is 12.5 Å². The number of methoxy groups -OCH3 is 1. The number of nitrogens with two attached hydrogens (primary N) is 1. The second kappa shape index (κ2) is 6.37. The van der Waals surface area contributed by atoms with Crippen molar-refractivity contribution >= 4 is 5.97 Å². The Hall–Kier alpha value is -1.59. The van der Waals surface area contributed by atoms with Crippen LogP contribution >= 0.6 is 0 Å². The van der Waals surface area contributed by atoms with Crippen molar-refractivity contribution in [2.75, 3.05) is 21.2 Å². The Labute approximate surface area is 107 Å². The van der Waals surface area contributed by atoms with Crippen molar-refractivity contribution in [3.63, 3.8) is 0 Å². The second-order valence-corrected chi connectivity index (χ2v) is 4.44. The summed E-state index contributed by atoms with van der Waals surface area (Å²) >= 11 is 0. The van der Waals surface area contributed by atoms with Crippen LogP contribution in [0.15, 0.2) is 24.3 Å². The summed E-state index contributed by atoms with van der Waals surface area (Å²) in [6, 6.07) is 6.92. The zero-order valence-corrected chi connectivity index (χ0v) is 11.0. The van der Waals surface area contributed by atoms with Crippen LogP contribution < -0.4 is 10.5 Å². The van der Waals surface area contributed by atoms with Gasteiger partial charge >= 0.3 is 5.97 Å². The topological polar surface area (TPSA) is 75.8 Å². The summed E-state index contributed by atoms with van der Waals surface area (Å²) in [5.41, 5.74) is 6.95. The molecule has 2 atom stereocenters. The smallest absolute Gasteiger partial charge is 0.304 e. The molecule has 1 rings (SSSR count).